The zero-order chi connectivity index (χ0) is 11.5. The van der Waals surface area contributed by atoms with Gasteiger partial charge in [0, 0.05) is 6.42 Å². The molecule has 1 radical (unpaired) electrons. The number of rotatable bonds is 4. The van der Waals surface area contributed by atoms with E-state index in [4.69, 9.17) is 5.11 Å². The standard InChI is InChI=1S/C12H12NO2S/c1-8(7-12(14)15)6-11-13-9-4-2-3-5-10(9)16-11/h2-5,7-8H,6H2,1H3,(H,14,15). The van der Waals surface area contributed by atoms with E-state index in [0.29, 0.717) is 6.42 Å². The monoisotopic (exact) mass is 234 g/mol. The number of aliphatic carboxylic acids is 1. The normalized spacial score (nSPS) is 12.8. The topological polar surface area (TPSA) is 50.2 Å². The maximum absolute atomic E-state index is 10.5. The van der Waals surface area contributed by atoms with E-state index < -0.39 is 5.97 Å². The number of carbonyl (C=O) groups is 1. The third-order valence-electron chi connectivity index (χ3n) is 2.26. The number of nitrogens with zero attached hydrogens (tertiary/aromatic N) is 1. The number of para-hydroxylation sites is 1. The summed E-state index contributed by atoms with van der Waals surface area (Å²) in [5, 5.41) is 9.62. The lowest BCUT2D eigenvalue weighted by Gasteiger charge is -2.03. The number of hydrogen-bond donors (Lipinski definition) is 1. The van der Waals surface area contributed by atoms with Crippen LogP contribution in [0.3, 0.4) is 0 Å². The van der Waals surface area contributed by atoms with Gasteiger partial charge in [0.05, 0.1) is 21.6 Å². The van der Waals surface area contributed by atoms with Gasteiger partial charge in [-0.3, -0.25) is 4.79 Å². The van der Waals surface area contributed by atoms with E-state index in [2.05, 4.69) is 4.98 Å². The lowest BCUT2D eigenvalue weighted by atomic mass is 10.1. The summed E-state index contributed by atoms with van der Waals surface area (Å²) in [4.78, 5) is 15.0. The van der Waals surface area contributed by atoms with Gasteiger partial charge in [-0.15, -0.1) is 11.3 Å². The van der Waals surface area contributed by atoms with Crippen LogP contribution < -0.4 is 0 Å². The molecule has 1 atom stereocenters. The predicted molar refractivity (Wildman–Crippen MR) is 64.4 cm³/mol. The van der Waals surface area contributed by atoms with Gasteiger partial charge in [0.25, 0.3) is 0 Å². The molecule has 83 valence electrons. The summed E-state index contributed by atoms with van der Waals surface area (Å²) in [7, 11) is 0. The Morgan fingerprint density at radius 2 is 2.31 bits per heavy atom. The van der Waals surface area contributed by atoms with Crippen LogP contribution in [0.4, 0.5) is 0 Å². The molecule has 1 aromatic heterocycles. The number of carboxylic acids is 1. The summed E-state index contributed by atoms with van der Waals surface area (Å²) in [5.41, 5.74) is 0.991. The van der Waals surface area contributed by atoms with Gasteiger partial charge in [-0.2, -0.15) is 0 Å². The summed E-state index contributed by atoms with van der Waals surface area (Å²) in [6.07, 6.45) is 2.00. The Labute approximate surface area is 97.8 Å². The van der Waals surface area contributed by atoms with Crippen molar-refractivity contribution in [1.82, 2.24) is 4.98 Å². The van der Waals surface area contributed by atoms with Crippen LogP contribution in [0.1, 0.15) is 11.9 Å². The van der Waals surface area contributed by atoms with Crippen molar-refractivity contribution in [2.24, 2.45) is 5.92 Å². The van der Waals surface area contributed by atoms with E-state index in [-0.39, 0.29) is 5.92 Å². The van der Waals surface area contributed by atoms with Gasteiger partial charge in [0.2, 0.25) is 0 Å². The van der Waals surface area contributed by atoms with Gasteiger partial charge in [0.15, 0.2) is 0 Å². The molecule has 0 aliphatic carbocycles. The summed E-state index contributed by atoms with van der Waals surface area (Å²) >= 11 is 1.63. The van der Waals surface area contributed by atoms with Crippen LogP contribution in [0.25, 0.3) is 10.2 Å². The van der Waals surface area contributed by atoms with Gasteiger partial charge in [-0.05, 0) is 18.1 Å². The van der Waals surface area contributed by atoms with Gasteiger partial charge < -0.3 is 5.11 Å². The summed E-state index contributed by atoms with van der Waals surface area (Å²) in [6, 6.07) is 7.94. The van der Waals surface area contributed by atoms with Crippen molar-refractivity contribution in [3.63, 3.8) is 0 Å². The molecule has 0 spiro atoms. The molecule has 0 aliphatic rings. The Morgan fingerprint density at radius 3 is 3.00 bits per heavy atom. The molecule has 0 bridgehead atoms. The van der Waals surface area contributed by atoms with E-state index in [1.807, 2.05) is 31.2 Å². The number of carboxylic acid groups (broad SMARTS) is 1. The Hall–Kier alpha value is -1.42. The molecule has 1 aromatic carbocycles. The molecule has 1 unspecified atom stereocenters. The third kappa shape index (κ3) is 2.58. The molecule has 0 aliphatic heterocycles. The largest absolute Gasteiger partial charge is 0.481 e. The van der Waals surface area contributed by atoms with Crippen molar-refractivity contribution < 1.29 is 9.90 Å². The van der Waals surface area contributed by atoms with Crippen molar-refractivity contribution >= 4 is 27.5 Å². The minimum Gasteiger partial charge on any atom is -0.481 e. The summed E-state index contributed by atoms with van der Waals surface area (Å²) in [5.74, 6) is -0.855. The average molecular weight is 234 g/mol. The number of benzene rings is 1. The van der Waals surface area contributed by atoms with E-state index in [1.54, 1.807) is 11.3 Å². The molecule has 0 saturated carbocycles. The fourth-order valence-corrected chi connectivity index (χ4v) is 2.69. The maximum atomic E-state index is 10.5. The molecule has 3 nitrogen and oxygen atoms in total. The van der Waals surface area contributed by atoms with Crippen molar-refractivity contribution in [2.45, 2.75) is 13.3 Å². The predicted octanol–water partition coefficient (Wildman–Crippen LogP) is 2.76. The second-order valence-corrected chi connectivity index (χ2v) is 4.88. The first-order valence-corrected chi connectivity index (χ1v) is 5.89. The van der Waals surface area contributed by atoms with Crippen LogP contribution in [-0.2, 0) is 11.2 Å². The van der Waals surface area contributed by atoms with Gasteiger partial charge in [0.1, 0.15) is 0 Å². The summed E-state index contributed by atoms with van der Waals surface area (Å²) < 4.78 is 1.15. The SMILES string of the molecule is CC([CH]C(=O)O)Cc1nc2ccccc2s1. The first-order valence-electron chi connectivity index (χ1n) is 5.07. The van der Waals surface area contributed by atoms with E-state index in [9.17, 15) is 4.79 Å². The molecule has 2 rings (SSSR count). The highest BCUT2D eigenvalue weighted by Gasteiger charge is 2.11. The van der Waals surface area contributed by atoms with Crippen molar-refractivity contribution in [3.05, 3.63) is 35.7 Å². The lowest BCUT2D eigenvalue weighted by Crippen LogP contribution is -2.07. The first kappa shape index (κ1) is 11.1. The third-order valence-corrected chi connectivity index (χ3v) is 3.32. The number of hydrogen-bond acceptors (Lipinski definition) is 3. The van der Waals surface area contributed by atoms with Crippen LogP contribution >= 0.6 is 11.3 Å². The van der Waals surface area contributed by atoms with Crippen LogP contribution in [-0.4, -0.2) is 16.1 Å². The Bertz CT molecular complexity index is 473. The number of fused-ring (bicyclic) bond motifs is 1. The number of aromatic nitrogens is 1. The molecule has 0 saturated heterocycles. The highest BCUT2D eigenvalue weighted by atomic mass is 32.1. The van der Waals surface area contributed by atoms with E-state index in [0.717, 1.165) is 15.2 Å². The van der Waals surface area contributed by atoms with Gasteiger partial charge >= 0.3 is 5.97 Å². The van der Waals surface area contributed by atoms with Gasteiger partial charge in [-0.25, -0.2) is 4.98 Å². The Kier molecular flexibility index (Phi) is 3.19. The zero-order valence-corrected chi connectivity index (χ0v) is 9.70. The molecule has 1 heterocycles. The smallest absolute Gasteiger partial charge is 0.307 e. The molecule has 0 amide bonds. The number of thiazole rings is 1. The van der Waals surface area contributed by atoms with Crippen molar-refractivity contribution in [2.75, 3.05) is 0 Å². The fraction of sp³-hybridized carbons (Fsp3) is 0.250. The molecular weight excluding hydrogens is 222 g/mol. The molecule has 0 fully saturated rings. The second kappa shape index (κ2) is 4.61. The molecule has 16 heavy (non-hydrogen) atoms. The first-order chi connectivity index (χ1) is 7.65. The zero-order valence-electron chi connectivity index (χ0n) is 8.88. The molecule has 2 aromatic rings. The fourth-order valence-electron chi connectivity index (χ4n) is 1.58. The maximum Gasteiger partial charge on any atom is 0.307 e. The van der Waals surface area contributed by atoms with Gasteiger partial charge in [-0.1, -0.05) is 19.1 Å². The van der Waals surface area contributed by atoms with Crippen LogP contribution in [0.5, 0.6) is 0 Å². The molecular formula is C12H12NO2S. The average Bonchev–Trinajstić information content (AvgIpc) is 2.57. The van der Waals surface area contributed by atoms with Crippen molar-refractivity contribution in [1.29, 1.82) is 0 Å². The second-order valence-electron chi connectivity index (χ2n) is 3.76. The Morgan fingerprint density at radius 1 is 1.56 bits per heavy atom. The van der Waals surface area contributed by atoms with E-state index >= 15 is 0 Å². The minimum atomic E-state index is -0.867. The van der Waals surface area contributed by atoms with E-state index in [1.165, 1.54) is 6.42 Å². The lowest BCUT2D eigenvalue weighted by molar-refractivity contribution is -0.133. The van der Waals surface area contributed by atoms with Crippen LogP contribution in [0.2, 0.25) is 0 Å². The summed E-state index contributed by atoms with van der Waals surface area (Å²) in [6.45, 7) is 1.89. The van der Waals surface area contributed by atoms with Crippen LogP contribution in [0.15, 0.2) is 24.3 Å². The van der Waals surface area contributed by atoms with Crippen LogP contribution in [0, 0.1) is 12.3 Å². The quantitative estimate of drug-likeness (QED) is 0.885. The highest BCUT2D eigenvalue weighted by Crippen LogP contribution is 2.24. The Balaban J connectivity index is 2.12. The molecule has 4 heteroatoms. The van der Waals surface area contributed by atoms with Crippen molar-refractivity contribution in [3.8, 4) is 0 Å². The minimum absolute atomic E-state index is 0.0121. The molecule has 1 N–H and O–H groups in total. The highest BCUT2D eigenvalue weighted by molar-refractivity contribution is 7.18.